The maximum absolute atomic E-state index is 11.7. The van der Waals surface area contributed by atoms with E-state index in [4.69, 9.17) is 4.74 Å². The first kappa shape index (κ1) is 12.5. The number of aryl methyl sites for hydroxylation is 2. The molecule has 0 unspecified atom stereocenters. The number of H-pyrrole nitrogens is 1. The van der Waals surface area contributed by atoms with E-state index in [9.17, 15) is 4.79 Å². The molecule has 0 aliphatic heterocycles. The molecule has 1 N–H and O–H groups in total. The van der Waals surface area contributed by atoms with Crippen molar-refractivity contribution in [3.8, 4) is 5.75 Å². The van der Waals surface area contributed by atoms with E-state index in [-0.39, 0.29) is 5.56 Å². The topological polar surface area (TPSA) is 47.0 Å². The Balaban J connectivity index is 1.82. The van der Waals surface area contributed by atoms with E-state index in [0.717, 1.165) is 23.4 Å². The van der Waals surface area contributed by atoms with Crippen molar-refractivity contribution in [3.05, 3.63) is 51.9 Å². The summed E-state index contributed by atoms with van der Waals surface area (Å²) < 4.78 is 7.21. The molecule has 2 aromatic rings. The van der Waals surface area contributed by atoms with Crippen LogP contribution in [0.25, 0.3) is 0 Å². The van der Waals surface area contributed by atoms with E-state index in [0.29, 0.717) is 13.2 Å². The molecule has 0 radical (unpaired) electrons. The Morgan fingerprint density at radius 3 is 2.56 bits per heavy atom. The minimum absolute atomic E-state index is 0.0622. The summed E-state index contributed by atoms with van der Waals surface area (Å²) in [5.41, 5.74) is 1.79. The van der Waals surface area contributed by atoms with Gasteiger partial charge in [-0.2, -0.15) is 0 Å². The van der Waals surface area contributed by atoms with Gasteiger partial charge in [-0.1, -0.05) is 18.2 Å². The van der Waals surface area contributed by atoms with Gasteiger partial charge in [-0.3, -0.25) is 14.6 Å². The number of rotatable bonds is 5. The molecule has 18 heavy (non-hydrogen) atoms. The minimum Gasteiger partial charge on any atom is -0.494 e. The van der Waals surface area contributed by atoms with Crippen LogP contribution in [-0.2, 0) is 6.54 Å². The van der Waals surface area contributed by atoms with Crippen molar-refractivity contribution < 1.29 is 4.74 Å². The van der Waals surface area contributed by atoms with Crippen LogP contribution in [0.5, 0.6) is 5.75 Å². The molecule has 0 atom stereocenters. The van der Waals surface area contributed by atoms with Gasteiger partial charge in [0.05, 0.1) is 6.61 Å². The SMILES string of the molecule is Cc1[nH]n(CCCOc2ccccc2)c(=O)c1C. The summed E-state index contributed by atoms with van der Waals surface area (Å²) in [6, 6.07) is 9.69. The van der Waals surface area contributed by atoms with Crippen molar-refractivity contribution in [3.63, 3.8) is 0 Å². The van der Waals surface area contributed by atoms with Crippen molar-refractivity contribution in [2.24, 2.45) is 0 Å². The van der Waals surface area contributed by atoms with Crippen LogP contribution >= 0.6 is 0 Å². The summed E-state index contributed by atoms with van der Waals surface area (Å²) in [4.78, 5) is 11.7. The zero-order chi connectivity index (χ0) is 13.0. The molecule has 0 fully saturated rings. The van der Waals surface area contributed by atoms with E-state index in [2.05, 4.69) is 5.10 Å². The van der Waals surface area contributed by atoms with Crippen molar-refractivity contribution in [2.75, 3.05) is 6.61 Å². The molecule has 0 aliphatic carbocycles. The zero-order valence-corrected chi connectivity index (χ0v) is 10.8. The number of ether oxygens (including phenoxy) is 1. The van der Waals surface area contributed by atoms with Crippen LogP contribution in [0.15, 0.2) is 35.1 Å². The lowest BCUT2D eigenvalue weighted by atomic mass is 10.3. The van der Waals surface area contributed by atoms with Gasteiger partial charge in [0.25, 0.3) is 5.56 Å². The third-order valence-electron chi connectivity index (χ3n) is 2.97. The molecule has 0 bridgehead atoms. The molecule has 4 nitrogen and oxygen atoms in total. The lowest BCUT2D eigenvalue weighted by Crippen LogP contribution is -2.19. The minimum atomic E-state index is 0.0622. The van der Waals surface area contributed by atoms with Gasteiger partial charge < -0.3 is 4.74 Å². The fourth-order valence-electron chi connectivity index (χ4n) is 1.79. The van der Waals surface area contributed by atoms with Crippen molar-refractivity contribution >= 4 is 0 Å². The molecule has 0 amide bonds. The fraction of sp³-hybridized carbons (Fsp3) is 0.357. The Labute approximate surface area is 106 Å². The predicted molar refractivity (Wildman–Crippen MR) is 71.1 cm³/mol. The van der Waals surface area contributed by atoms with Crippen molar-refractivity contribution in [1.29, 1.82) is 0 Å². The lowest BCUT2D eigenvalue weighted by Gasteiger charge is -2.05. The van der Waals surface area contributed by atoms with Crippen LogP contribution in [0.4, 0.5) is 0 Å². The van der Waals surface area contributed by atoms with Crippen LogP contribution in [0.3, 0.4) is 0 Å². The summed E-state index contributed by atoms with van der Waals surface area (Å²) in [6.07, 6.45) is 0.800. The van der Waals surface area contributed by atoms with Crippen LogP contribution in [0.2, 0.25) is 0 Å². The number of para-hydroxylation sites is 1. The Hall–Kier alpha value is -1.97. The van der Waals surface area contributed by atoms with Crippen LogP contribution in [0, 0.1) is 13.8 Å². The molecule has 0 spiro atoms. The summed E-state index contributed by atoms with van der Waals surface area (Å²) in [7, 11) is 0. The van der Waals surface area contributed by atoms with Gasteiger partial charge in [0, 0.05) is 24.2 Å². The Morgan fingerprint density at radius 1 is 1.22 bits per heavy atom. The van der Waals surface area contributed by atoms with E-state index in [1.165, 1.54) is 0 Å². The summed E-state index contributed by atoms with van der Waals surface area (Å²) >= 11 is 0. The number of nitrogens with one attached hydrogen (secondary N) is 1. The van der Waals surface area contributed by atoms with Gasteiger partial charge in [-0.15, -0.1) is 0 Å². The zero-order valence-electron chi connectivity index (χ0n) is 10.8. The average Bonchev–Trinajstić information content (AvgIpc) is 2.64. The summed E-state index contributed by atoms with van der Waals surface area (Å²) in [5, 5.41) is 3.06. The molecular weight excluding hydrogens is 228 g/mol. The highest BCUT2D eigenvalue weighted by atomic mass is 16.5. The maximum atomic E-state index is 11.7. The highest BCUT2D eigenvalue weighted by Crippen LogP contribution is 2.08. The van der Waals surface area contributed by atoms with Crippen LogP contribution in [-0.4, -0.2) is 16.4 Å². The second kappa shape index (κ2) is 5.58. The van der Waals surface area contributed by atoms with Crippen LogP contribution in [0.1, 0.15) is 17.7 Å². The van der Waals surface area contributed by atoms with E-state index in [1.54, 1.807) is 4.68 Å². The fourth-order valence-corrected chi connectivity index (χ4v) is 1.79. The smallest absolute Gasteiger partial charge is 0.269 e. The molecule has 0 aliphatic rings. The third kappa shape index (κ3) is 2.83. The van der Waals surface area contributed by atoms with Gasteiger partial charge in [-0.05, 0) is 26.0 Å². The molecular formula is C14H18N2O2. The molecule has 4 heteroatoms. The number of aromatic amines is 1. The normalized spacial score (nSPS) is 10.6. The third-order valence-corrected chi connectivity index (χ3v) is 2.97. The van der Waals surface area contributed by atoms with Gasteiger partial charge >= 0.3 is 0 Å². The first-order valence-electron chi connectivity index (χ1n) is 6.12. The largest absolute Gasteiger partial charge is 0.494 e. The molecule has 96 valence electrons. The van der Waals surface area contributed by atoms with Gasteiger partial charge in [-0.25, -0.2) is 0 Å². The number of hydrogen-bond donors (Lipinski definition) is 1. The summed E-state index contributed by atoms with van der Waals surface area (Å²) in [5.74, 6) is 0.865. The van der Waals surface area contributed by atoms with Crippen molar-refractivity contribution in [1.82, 2.24) is 9.78 Å². The first-order valence-corrected chi connectivity index (χ1v) is 6.12. The van der Waals surface area contributed by atoms with E-state index < -0.39 is 0 Å². The molecule has 1 heterocycles. The summed E-state index contributed by atoms with van der Waals surface area (Å²) in [6.45, 7) is 5.01. The Bertz CT molecular complexity index is 555. The molecule has 0 saturated heterocycles. The highest BCUT2D eigenvalue weighted by molar-refractivity contribution is 5.20. The number of aromatic nitrogens is 2. The second-order valence-corrected chi connectivity index (χ2v) is 4.33. The Morgan fingerprint density at radius 2 is 1.94 bits per heavy atom. The quantitative estimate of drug-likeness (QED) is 0.823. The number of nitrogens with zero attached hydrogens (tertiary/aromatic N) is 1. The predicted octanol–water partition coefficient (Wildman–Crippen LogP) is 2.26. The van der Waals surface area contributed by atoms with Crippen LogP contribution < -0.4 is 10.3 Å². The number of hydrogen-bond acceptors (Lipinski definition) is 2. The maximum Gasteiger partial charge on any atom is 0.269 e. The molecule has 1 aromatic carbocycles. The van der Waals surface area contributed by atoms with E-state index >= 15 is 0 Å². The molecule has 0 saturated carbocycles. The van der Waals surface area contributed by atoms with Gasteiger partial charge in [0.1, 0.15) is 5.75 Å². The Kier molecular flexibility index (Phi) is 3.87. The first-order chi connectivity index (χ1) is 8.68. The lowest BCUT2D eigenvalue weighted by molar-refractivity contribution is 0.297. The standard InChI is InChI=1S/C14H18N2O2/c1-11-12(2)15-16(14(11)17)9-6-10-18-13-7-4-3-5-8-13/h3-5,7-8,15H,6,9-10H2,1-2H3. The van der Waals surface area contributed by atoms with Gasteiger partial charge in [0.15, 0.2) is 0 Å². The van der Waals surface area contributed by atoms with Crippen molar-refractivity contribution in [2.45, 2.75) is 26.8 Å². The highest BCUT2D eigenvalue weighted by Gasteiger charge is 2.05. The number of benzene rings is 1. The monoisotopic (exact) mass is 246 g/mol. The average molecular weight is 246 g/mol. The van der Waals surface area contributed by atoms with Gasteiger partial charge in [0.2, 0.25) is 0 Å². The van der Waals surface area contributed by atoms with E-state index in [1.807, 2.05) is 44.2 Å². The second-order valence-electron chi connectivity index (χ2n) is 4.33. The molecule has 2 rings (SSSR count). The molecule has 1 aromatic heterocycles.